The van der Waals surface area contributed by atoms with Gasteiger partial charge in [-0.25, -0.2) is 8.42 Å². The Balaban J connectivity index is 2.95. The van der Waals surface area contributed by atoms with Crippen LogP contribution in [0.3, 0.4) is 0 Å². The lowest BCUT2D eigenvalue weighted by atomic mass is 9.93. The van der Waals surface area contributed by atoms with Crippen molar-refractivity contribution < 1.29 is 13.2 Å². The van der Waals surface area contributed by atoms with Crippen LogP contribution in [-0.4, -0.2) is 33.2 Å². The number of carbonyl (C=O) groups excluding carboxylic acids is 1. The lowest BCUT2D eigenvalue weighted by Crippen LogP contribution is -2.47. The minimum atomic E-state index is -3.57. The molecule has 1 amide bonds. The van der Waals surface area contributed by atoms with Crippen LogP contribution in [0.5, 0.6) is 0 Å². The van der Waals surface area contributed by atoms with Gasteiger partial charge in [-0.2, -0.15) is 0 Å². The fourth-order valence-electron chi connectivity index (χ4n) is 2.47. The van der Waals surface area contributed by atoms with Crippen molar-refractivity contribution in [3.8, 4) is 0 Å². The molecule has 23 heavy (non-hydrogen) atoms. The Labute approximate surface area is 144 Å². The predicted molar refractivity (Wildman–Crippen MR) is 95.2 cm³/mol. The molecule has 0 saturated heterocycles. The zero-order valence-corrected chi connectivity index (χ0v) is 15.8. The van der Waals surface area contributed by atoms with Gasteiger partial charge in [0, 0.05) is 11.1 Å². The maximum atomic E-state index is 12.3. The van der Waals surface area contributed by atoms with Crippen LogP contribution in [-0.2, 0) is 14.8 Å². The Kier molecular flexibility index (Phi) is 6.89. The van der Waals surface area contributed by atoms with Crippen LogP contribution in [0, 0.1) is 11.8 Å². The Hall–Kier alpha value is -1.27. The van der Waals surface area contributed by atoms with Gasteiger partial charge in [0.05, 0.1) is 11.9 Å². The molecular formula is C16H25ClN2O3S. The van der Waals surface area contributed by atoms with Crippen LogP contribution in [0.4, 0.5) is 5.69 Å². The summed E-state index contributed by atoms with van der Waals surface area (Å²) in [6.07, 6.45) is 1.08. The van der Waals surface area contributed by atoms with Crippen molar-refractivity contribution in [2.24, 2.45) is 11.8 Å². The van der Waals surface area contributed by atoms with E-state index in [1.807, 2.05) is 27.7 Å². The van der Waals surface area contributed by atoms with Gasteiger partial charge in [-0.05, 0) is 36.1 Å². The molecule has 1 N–H and O–H groups in total. The zero-order chi connectivity index (χ0) is 17.8. The molecule has 1 aromatic rings. The number of benzene rings is 1. The minimum Gasteiger partial charge on any atom is -0.351 e. The average molecular weight is 361 g/mol. The van der Waals surface area contributed by atoms with Crippen LogP contribution in [0.2, 0.25) is 5.02 Å². The Morgan fingerprint density at radius 2 is 1.61 bits per heavy atom. The van der Waals surface area contributed by atoms with Crippen LogP contribution in [0.1, 0.15) is 27.7 Å². The summed E-state index contributed by atoms with van der Waals surface area (Å²) in [6, 6.07) is 6.35. The van der Waals surface area contributed by atoms with E-state index in [4.69, 9.17) is 11.6 Å². The average Bonchev–Trinajstić information content (AvgIpc) is 2.41. The van der Waals surface area contributed by atoms with E-state index in [0.29, 0.717) is 10.7 Å². The van der Waals surface area contributed by atoms with Crippen molar-refractivity contribution in [2.75, 3.05) is 17.1 Å². The zero-order valence-electron chi connectivity index (χ0n) is 14.2. The van der Waals surface area contributed by atoms with Crippen LogP contribution in [0.25, 0.3) is 0 Å². The lowest BCUT2D eigenvalue weighted by molar-refractivity contribution is -0.121. The number of sulfonamides is 1. The molecule has 0 radical (unpaired) electrons. The molecule has 7 heteroatoms. The monoisotopic (exact) mass is 360 g/mol. The molecule has 0 bridgehead atoms. The van der Waals surface area contributed by atoms with Gasteiger partial charge in [0.2, 0.25) is 15.9 Å². The second kappa shape index (κ2) is 8.02. The van der Waals surface area contributed by atoms with Gasteiger partial charge in [-0.1, -0.05) is 39.3 Å². The van der Waals surface area contributed by atoms with E-state index < -0.39 is 10.0 Å². The highest BCUT2D eigenvalue weighted by Gasteiger charge is 2.24. The molecule has 5 nitrogen and oxygen atoms in total. The first kappa shape index (κ1) is 19.8. The van der Waals surface area contributed by atoms with Crippen molar-refractivity contribution >= 4 is 33.2 Å². The fraction of sp³-hybridized carbons (Fsp3) is 0.562. The van der Waals surface area contributed by atoms with Gasteiger partial charge in [0.15, 0.2) is 0 Å². The molecular weight excluding hydrogens is 336 g/mol. The summed E-state index contributed by atoms with van der Waals surface area (Å²) in [5.41, 5.74) is 0.415. The number of anilines is 1. The van der Waals surface area contributed by atoms with Crippen molar-refractivity contribution in [3.05, 3.63) is 29.3 Å². The third-order valence-corrected chi connectivity index (χ3v) is 4.96. The highest BCUT2D eigenvalue weighted by molar-refractivity contribution is 7.92. The highest BCUT2D eigenvalue weighted by Crippen LogP contribution is 2.20. The van der Waals surface area contributed by atoms with E-state index >= 15 is 0 Å². The Morgan fingerprint density at radius 1 is 1.13 bits per heavy atom. The standard InChI is InChI=1S/C16H25ClN2O3S/c1-11(2)16(12(3)4)18-15(20)10-19(23(5,21)22)14-8-6-13(17)7-9-14/h6-9,11-12,16H,10H2,1-5H3,(H,18,20). The van der Waals surface area contributed by atoms with E-state index in [1.54, 1.807) is 24.3 Å². The second-order valence-corrected chi connectivity index (χ2v) is 8.67. The molecule has 0 heterocycles. The number of halogens is 1. The first-order valence-electron chi connectivity index (χ1n) is 7.55. The second-order valence-electron chi connectivity index (χ2n) is 6.33. The first-order valence-corrected chi connectivity index (χ1v) is 9.77. The third kappa shape index (κ3) is 6.03. The maximum Gasteiger partial charge on any atom is 0.241 e. The first-order chi connectivity index (χ1) is 10.5. The van der Waals surface area contributed by atoms with E-state index in [1.165, 1.54) is 0 Å². The van der Waals surface area contributed by atoms with Crippen molar-refractivity contribution in [1.29, 1.82) is 0 Å². The molecule has 0 aliphatic rings. The molecule has 0 spiro atoms. The van der Waals surface area contributed by atoms with Crippen molar-refractivity contribution in [3.63, 3.8) is 0 Å². The number of rotatable bonds is 7. The summed E-state index contributed by atoms with van der Waals surface area (Å²) >= 11 is 5.83. The third-order valence-electron chi connectivity index (χ3n) is 3.57. The Morgan fingerprint density at radius 3 is 2.00 bits per heavy atom. The highest BCUT2D eigenvalue weighted by atomic mass is 35.5. The molecule has 0 atom stereocenters. The number of nitrogens with zero attached hydrogens (tertiary/aromatic N) is 1. The number of carbonyl (C=O) groups is 1. The number of hydrogen-bond acceptors (Lipinski definition) is 3. The molecule has 0 aromatic heterocycles. The summed E-state index contributed by atoms with van der Waals surface area (Å²) < 4.78 is 25.1. The predicted octanol–water partition coefficient (Wildman–Crippen LogP) is 2.90. The summed E-state index contributed by atoms with van der Waals surface area (Å²) in [6.45, 7) is 7.85. The largest absolute Gasteiger partial charge is 0.351 e. The molecule has 0 unspecified atom stereocenters. The topological polar surface area (TPSA) is 66.5 Å². The van der Waals surface area contributed by atoms with Crippen LogP contribution < -0.4 is 9.62 Å². The van der Waals surface area contributed by atoms with Gasteiger partial charge in [0.1, 0.15) is 6.54 Å². The maximum absolute atomic E-state index is 12.3. The molecule has 1 rings (SSSR count). The quantitative estimate of drug-likeness (QED) is 0.813. The molecule has 0 saturated carbocycles. The summed E-state index contributed by atoms with van der Waals surface area (Å²) in [5, 5.41) is 3.43. The molecule has 0 aliphatic carbocycles. The molecule has 130 valence electrons. The van der Waals surface area contributed by atoms with E-state index in [2.05, 4.69) is 5.32 Å². The smallest absolute Gasteiger partial charge is 0.241 e. The lowest BCUT2D eigenvalue weighted by Gasteiger charge is -2.28. The summed E-state index contributed by atoms with van der Waals surface area (Å²) in [7, 11) is -3.57. The van der Waals surface area contributed by atoms with E-state index in [0.717, 1.165) is 10.6 Å². The van der Waals surface area contributed by atoms with Crippen LogP contribution >= 0.6 is 11.6 Å². The fourth-order valence-corrected chi connectivity index (χ4v) is 3.45. The normalized spacial score (nSPS) is 12.0. The minimum absolute atomic E-state index is 0.00544. The molecule has 1 aromatic carbocycles. The molecule has 0 fully saturated rings. The van der Waals surface area contributed by atoms with Gasteiger partial charge in [-0.3, -0.25) is 9.10 Å². The number of nitrogens with one attached hydrogen (secondary N) is 1. The molecule has 0 aliphatic heterocycles. The SMILES string of the molecule is CC(C)C(NC(=O)CN(c1ccc(Cl)cc1)S(C)(=O)=O)C(C)C. The number of hydrogen-bond donors (Lipinski definition) is 1. The van der Waals surface area contributed by atoms with Gasteiger partial charge >= 0.3 is 0 Å². The van der Waals surface area contributed by atoms with E-state index in [9.17, 15) is 13.2 Å². The summed E-state index contributed by atoms with van der Waals surface area (Å²) in [4.78, 5) is 12.3. The van der Waals surface area contributed by atoms with Gasteiger partial charge in [-0.15, -0.1) is 0 Å². The van der Waals surface area contributed by atoms with Crippen LogP contribution in [0.15, 0.2) is 24.3 Å². The van der Waals surface area contributed by atoms with Gasteiger partial charge in [0.25, 0.3) is 0 Å². The number of amides is 1. The Bertz CT molecular complexity index is 619. The van der Waals surface area contributed by atoms with Crippen molar-refractivity contribution in [1.82, 2.24) is 5.32 Å². The summed E-state index contributed by atoms with van der Waals surface area (Å²) in [5.74, 6) is 0.208. The van der Waals surface area contributed by atoms with Gasteiger partial charge < -0.3 is 5.32 Å². The van der Waals surface area contributed by atoms with Crippen molar-refractivity contribution in [2.45, 2.75) is 33.7 Å². The van der Waals surface area contributed by atoms with E-state index in [-0.39, 0.29) is 30.3 Å².